The zero-order valence-corrected chi connectivity index (χ0v) is 19.6. The molecule has 0 saturated carbocycles. The normalized spacial score (nSPS) is 10.3. The molecule has 0 fully saturated rings. The Balaban J connectivity index is 1.66. The van der Waals surface area contributed by atoms with Crippen molar-refractivity contribution in [1.82, 2.24) is 5.32 Å². The first kappa shape index (κ1) is 25.3. The van der Waals surface area contributed by atoms with E-state index in [2.05, 4.69) is 10.6 Å². The molecule has 3 aromatic carbocycles. The Morgan fingerprint density at radius 3 is 2.11 bits per heavy atom. The summed E-state index contributed by atoms with van der Waals surface area (Å²) in [6.45, 7) is -0.780. The third kappa shape index (κ3) is 6.81. The molecule has 182 valence electrons. The monoisotopic (exact) mass is 476 g/mol. The Morgan fingerprint density at radius 1 is 0.886 bits per heavy atom. The maximum absolute atomic E-state index is 13.0. The van der Waals surface area contributed by atoms with Crippen LogP contribution < -0.4 is 25.2 Å². The van der Waals surface area contributed by atoms with E-state index in [1.165, 1.54) is 16.9 Å². The van der Waals surface area contributed by atoms with E-state index in [0.29, 0.717) is 28.4 Å². The zero-order valence-electron chi connectivity index (χ0n) is 19.6. The molecule has 9 heteroatoms. The number of urea groups is 1. The van der Waals surface area contributed by atoms with Crippen molar-refractivity contribution in [2.24, 2.45) is 0 Å². The van der Waals surface area contributed by atoms with Crippen molar-refractivity contribution in [1.29, 1.82) is 0 Å². The van der Waals surface area contributed by atoms with E-state index >= 15 is 0 Å². The number of para-hydroxylation sites is 2. The van der Waals surface area contributed by atoms with Crippen molar-refractivity contribution in [3.63, 3.8) is 0 Å². The number of hydrogen-bond acceptors (Lipinski definition) is 5. The van der Waals surface area contributed by atoms with Crippen LogP contribution in [0.25, 0.3) is 0 Å². The number of aliphatic hydroxyl groups is 1. The third-order valence-corrected chi connectivity index (χ3v) is 5.29. The number of benzene rings is 3. The van der Waals surface area contributed by atoms with Crippen LogP contribution in [0.1, 0.15) is 5.56 Å². The maximum atomic E-state index is 13.0. The number of aliphatic hydroxyl groups excluding tert-OH is 1. The number of nitrogens with one attached hydrogen (secondary N) is 2. The van der Waals surface area contributed by atoms with Gasteiger partial charge in [-0.15, -0.1) is 0 Å². The summed E-state index contributed by atoms with van der Waals surface area (Å²) in [6.07, 6.45) is 0. The quantitative estimate of drug-likeness (QED) is 0.440. The number of likely N-dealkylation sites (N-methyl/N-ethyl adjacent to an activating group) is 1. The minimum absolute atomic E-state index is 0.199. The minimum Gasteiger partial charge on any atom is -0.496 e. The number of methoxy groups -OCH3 is 1. The van der Waals surface area contributed by atoms with Gasteiger partial charge in [0, 0.05) is 29.7 Å². The van der Waals surface area contributed by atoms with Crippen LogP contribution in [-0.2, 0) is 16.2 Å². The number of rotatable bonds is 9. The molecular formula is C26H28N4O5. The number of nitrogens with zero attached hydrogens (tertiary/aromatic N) is 2. The molecule has 9 nitrogen and oxygen atoms in total. The molecule has 0 atom stereocenters. The fourth-order valence-corrected chi connectivity index (χ4v) is 3.37. The Bertz CT molecular complexity index is 1150. The first-order chi connectivity index (χ1) is 16.9. The van der Waals surface area contributed by atoms with Gasteiger partial charge in [-0.3, -0.25) is 9.59 Å². The number of carbonyl (C=O) groups is 3. The molecule has 0 aliphatic rings. The zero-order chi connectivity index (χ0) is 25.2. The van der Waals surface area contributed by atoms with Gasteiger partial charge in [0.15, 0.2) is 0 Å². The molecule has 0 aliphatic heterocycles. The second kappa shape index (κ2) is 12.2. The summed E-state index contributed by atoms with van der Waals surface area (Å²) in [7, 11) is 3.13. The average Bonchev–Trinajstić information content (AvgIpc) is 2.90. The molecule has 4 amide bonds. The van der Waals surface area contributed by atoms with E-state index in [4.69, 9.17) is 4.74 Å². The van der Waals surface area contributed by atoms with Gasteiger partial charge in [0.2, 0.25) is 11.8 Å². The minimum atomic E-state index is -0.604. The van der Waals surface area contributed by atoms with Crippen LogP contribution in [-0.4, -0.2) is 50.2 Å². The molecule has 0 unspecified atom stereocenters. The maximum Gasteiger partial charge on any atom is 0.319 e. The molecule has 0 spiro atoms. The highest BCUT2D eigenvalue weighted by Crippen LogP contribution is 2.22. The van der Waals surface area contributed by atoms with Gasteiger partial charge in [-0.2, -0.15) is 0 Å². The molecule has 0 saturated heterocycles. The lowest BCUT2D eigenvalue weighted by molar-refractivity contribution is -0.121. The summed E-state index contributed by atoms with van der Waals surface area (Å²) < 4.78 is 5.15. The van der Waals surface area contributed by atoms with Gasteiger partial charge < -0.3 is 30.3 Å². The van der Waals surface area contributed by atoms with E-state index in [9.17, 15) is 19.5 Å². The fourth-order valence-electron chi connectivity index (χ4n) is 3.37. The van der Waals surface area contributed by atoms with Gasteiger partial charge in [0.1, 0.15) is 12.3 Å². The molecule has 0 aromatic heterocycles. The van der Waals surface area contributed by atoms with Crippen LogP contribution in [0.3, 0.4) is 0 Å². The number of anilines is 3. The summed E-state index contributed by atoms with van der Waals surface area (Å²) in [5.41, 5.74) is 2.19. The lowest BCUT2D eigenvalue weighted by Crippen LogP contribution is -2.46. The van der Waals surface area contributed by atoms with E-state index in [1.54, 1.807) is 61.6 Å². The average molecular weight is 477 g/mol. The molecule has 3 aromatic rings. The van der Waals surface area contributed by atoms with E-state index < -0.39 is 11.9 Å². The number of carbonyl (C=O) groups excluding carboxylic acids is 3. The highest BCUT2D eigenvalue weighted by atomic mass is 16.5. The lowest BCUT2D eigenvalue weighted by atomic mass is 10.2. The number of amides is 4. The van der Waals surface area contributed by atoms with E-state index in [0.717, 1.165) is 0 Å². The second-order valence-corrected chi connectivity index (χ2v) is 7.60. The molecule has 0 aliphatic carbocycles. The molecule has 3 rings (SSSR count). The van der Waals surface area contributed by atoms with Crippen molar-refractivity contribution in [2.45, 2.75) is 6.61 Å². The molecule has 3 N–H and O–H groups in total. The first-order valence-corrected chi connectivity index (χ1v) is 10.9. The Kier molecular flexibility index (Phi) is 8.80. The Labute approximate surface area is 203 Å². The van der Waals surface area contributed by atoms with Crippen molar-refractivity contribution in [3.8, 4) is 5.75 Å². The van der Waals surface area contributed by atoms with E-state index in [-0.39, 0.29) is 25.6 Å². The van der Waals surface area contributed by atoms with Crippen LogP contribution >= 0.6 is 0 Å². The predicted octanol–water partition coefficient (Wildman–Crippen LogP) is 3.01. The molecule has 0 radical (unpaired) electrons. The highest BCUT2D eigenvalue weighted by molar-refractivity contribution is 6.05. The molecule has 35 heavy (non-hydrogen) atoms. The van der Waals surface area contributed by atoms with Crippen LogP contribution in [0.4, 0.5) is 21.9 Å². The SMILES string of the molecule is COc1ccc(NC(=O)NCC(=O)N(CC(=O)N(C)c2ccccc2)c2ccccc2)cc1CO. The van der Waals surface area contributed by atoms with Crippen LogP contribution in [0.15, 0.2) is 78.9 Å². The van der Waals surface area contributed by atoms with Gasteiger partial charge >= 0.3 is 6.03 Å². The van der Waals surface area contributed by atoms with Gasteiger partial charge in [-0.25, -0.2) is 4.79 Å². The number of ether oxygens (including phenoxy) is 1. The fraction of sp³-hybridized carbons (Fsp3) is 0.192. The predicted molar refractivity (Wildman–Crippen MR) is 135 cm³/mol. The summed E-state index contributed by atoms with van der Waals surface area (Å²) >= 11 is 0. The Morgan fingerprint density at radius 2 is 1.51 bits per heavy atom. The van der Waals surface area contributed by atoms with Crippen LogP contribution in [0.2, 0.25) is 0 Å². The molecule has 0 heterocycles. The topological polar surface area (TPSA) is 111 Å². The smallest absolute Gasteiger partial charge is 0.319 e. The summed E-state index contributed by atoms with van der Waals surface area (Å²) in [5, 5.41) is 14.6. The van der Waals surface area contributed by atoms with Crippen LogP contribution in [0, 0.1) is 0 Å². The lowest BCUT2D eigenvalue weighted by Gasteiger charge is -2.25. The standard InChI is InChI=1S/C26H28N4O5/c1-29(21-9-5-3-6-10-21)25(33)17-30(22-11-7-4-8-12-22)24(32)16-27-26(34)28-20-13-14-23(35-2)19(15-20)18-31/h3-15,31H,16-18H2,1-2H3,(H2,27,28,34). The van der Waals surface area contributed by atoms with Gasteiger partial charge in [0.25, 0.3) is 0 Å². The second-order valence-electron chi connectivity index (χ2n) is 7.60. The highest BCUT2D eigenvalue weighted by Gasteiger charge is 2.22. The third-order valence-electron chi connectivity index (χ3n) is 5.29. The van der Waals surface area contributed by atoms with Gasteiger partial charge in [-0.1, -0.05) is 36.4 Å². The van der Waals surface area contributed by atoms with Crippen LogP contribution in [0.5, 0.6) is 5.75 Å². The van der Waals surface area contributed by atoms with E-state index in [1.807, 2.05) is 24.3 Å². The summed E-state index contributed by atoms with van der Waals surface area (Å²) in [6, 6.07) is 22.1. The largest absolute Gasteiger partial charge is 0.496 e. The summed E-state index contributed by atoms with van der Waals surface area (Å²) in [4.78, 5) is 41.2. The van der Waals surface area contributed by atoms with Crippen molar-refractivity contribution < 1.29 is 24.2 Å². The first-order valence-electron chi connectivity index (χ1n) is 10.9. The van der Waals surface area contributed by atoms with Gasteiger partial charge in [0.05, 0.1) is 20.3 Å². The Hall–Kier alpha value is -4.37. The number of hydrogen-bond donors (Lipinski definition) is 3. The van der Waals surface area contributed by atoms with Gasteiger partial charge in [-0.05, 0) is 42.5 Å². The summed E-state index contributed by atoms with van der Waals surface area (Å²) in [5.74, 6) is -0.239. The molecule has 0 bridgehead atoms. The van der Waals surface area contributed by atoms with Crippen molar-refractivity contribution in [3.05, 3.63) is 84.4 Å². The molecular weight excluding hydrogens is 448 g/mol. The van der Waals surface area contributed by atoms with Crippen molar-refractivity contribution >= 4 is 34.9 Å². The van der Waals surface area contributed by atoms with Crippen molar-refractivity contribution in [2.75, 3.05) is 42.4 Å².